The van der Waals surface area contributed by atoms with Crippen molar-refractivity contribution in [2.24, 2.45) is 29.6 Å². The fourth-order valence-electron chi connectivity index (χ4n) is 7.39. The molecule has 36 heavy (non-hydrogen) atoms. The van der Waals surface area contributed by atoms with Gasteiger partial charge in [0.2, 0.25) is 17.7 Å². The summed E-state index contributed by atoms with van der Waals surface area (Å²) in [6.07, 6.45) is 4.67. The second kappa shape index (κ2) is 7.53. The Balaban J connectivity index is 1.25. The number of hydrogen-bond acceptors (Lipinski definition) is 4. The minimum absolute atomic E-state index is 0.0632. The lowest BCUT2D eigenvalue weighted by Crippen LogP contribution is -2.76. The van der Waals surface area contributed by atoms with Gasteiger partial charge in [0.15, 0.2) is 0 Å². The normalized spacial score (nSPS) is 34.1. The van der Waals surface area contributed by atoms with Crippen LogP contribution in [-0.4, -0.2) is 58.7 Å². The van der Waals surface area contributed by atoms with Gasteiger partial charge in [0, 0.05) is 31.2 Å². The van der Waals surface area contributed by atoms with Crippen LogP contribution in [-0.2, 0) is 14.4 Å². The summed E-state index contributed by atoms with van der Waals surface area (Å²) in [5, 5.41) is 2.97. The van der Waals surface area contributed by atoms with E-state index in [-0.39, 0.29) is 35.6 Å². The zero-order valence-corrected chi connectivity index (χ0v) is 19.6. The summed E-state index contributed by atoms with van der Waals surface area (Å²) in [5.74, 6) is -2.55. The van der Waals surface area contributed by atoms with Crippen LogP contribution >= 0.6 is 0 Å². The Kier molecular flexibility index (Phi) is 4.46. The Hall–Kier alpha value is -3.94. The summed E-state index contributed by atoms with van der Waals surface area (Å²) in [4.78, 5) is 59.4. The molecule has 182 valence electrons. The van der Waals surface area contributed by atoms with Crippen LogP contribution in [0.4, 0.5) is 16.2 Å². The molecule has 5 amide bonds. The Morgan fingerprint density at radius 1 is 0.861 bits per heavy atom. The lowest BCUT2D eigenvalue weighted by Gasteiger charge is -2.64. The number of carbonyl (C=O) groups excluding carboxylic acids is 4. The maximum atomic E-state index is 14.0. The molecule has 5 aliphatic heterocycles. The van der Waals surface area contributed by atoms with E-state index >= 15 is 0 Å². The number of nitrogens with zero attached hydrogens (tertiary/aromatic N) is 3. The highest BCUT2D eigenvalue weighted by atomic mass is 16.2. The van der Waals surface area contributed by atoms with Crippen molar-refractivity contribution in [3.05, 3.63) is 72.8 Å². The molecule has 0 aromatic heterocycles. The first-order valence-corrected chi connectivity index (χ1v) is 12.5. The largest absolute Gasteiger partial charge is 0.331 e. The molecule has 4 bridgehead atoms. The van der Waals surface area contributed by atoms with Gasteiger partial charge in [0.1, 0.15) is 0 Å². The molecule has 4 fully saturated rings. The SMILES string of the molecule is O=C(Nc1ccccc1)N1C[C@H]2C[C@H](C1)[C@]13C=C[C@H](C(=O)N1C2)[C@H]1C(=O)N(c2ccccc2)C(=O)[C@H]13. The van der Waals surface area contributed by atoms with Gasteiger partial charge in [-0.25, -0.2) is 9.69 Å². The fraction of sp³-hybridized carbons (Fsp3) is 0.357. The lowest BCUT2D eigenvalue weighted by atomic mass is 9.54. The molecule has 4 saturated heterocycles. The van der Waals surface area contributed by atoms with Crippen LogP contribution in [0.2, 0.25) is 0 Å². The van der Waals surface area contributed by atoms with Crippen molar-refractivity contribution >= 4 is 35.1 Å². The van der Waals surface area contributed by atoms with Crippen LogP contribution in [0.5, 0.6) is 0 Å². The third kappa shape index (κ3) is 2.75. The third-order valence-electron chi connectivity index (χ3n) is 8.78. The number of imide groups is 1. The van der Waals surface area contributed by atoms with Crippen molar-refractivity contribution in [1.29, 1.82) is 0 Å². The van der Waals surface area contributed by atoms with Crippen LogP contribution in [0.15, 0.2) is 72.8 Å². The number of fused-ring (bicyclic) bond motifs is 2. The molecule has 8 heteroatoms. The predicted molar refractivity (Wildman–Crippen MR) is 132 cm³/mol. The summed E-state index contributed by atoms with van der Waals surface area (Å²) < 4.78 is 0. The molecule has 1 aliphatic carbocycles. The average molecular weight is 483 g/mol. The number of rotatable bonds is 2. The Morgan fingerprint density at radius 3 is 2.33 bits per heavy atom. The first-order valence-electron chi connectivity index (χ1n) is 12.5. The fourth-order valence-corrected chi connectivity index (χ4v) is 7.39. The zero-order valence-electron chi connectivity index (χ0n) is 19.6. The molecule has 6 atom stereocenters. The van der Waals surface area contributed by atoms with Gasteiger partial charge in [-0.15, -0.1) is 0 Å². The molecule has 1 N–H and O–H groups in total. The summed E-state index contributed by atoms with van der Waals surface area (Å²) in [7, 11) is 0. The van der Waals surface area contributed by atoms with Crippen molar-refractivity contribution in [1.82, 2.24) is 9.80 Å². The van der Waals surface area contributed by atoms with E-state index in [0.717, 1.165) is 12.1 Å². The van der Waals surface area contributed by atoms with Gasteiger partial charge >= 0.3 is 6.03 Å². The van der Waals surface area contributed by atoms with E-state index in [1.165, 1.54) is 4.90 Å². The molecular formula is C28H26N4O4. The van der Waals surface area contributed by atoms with E-state index in [4.69, 9.17) is 0 Å². The predicted octanol–water partition coefficient (Wildman–Crippen LogP) is 2.74. The minimum atomic E-state index is -0.894. The van der Waals surface area contributed by atoms with E-state index in [1.807, 2.05) is 58.4 Å². The number of nitrogens with one attached hydrogen (secondary N) is 1. The van der Waals surface area contributed by atoms with Gasteiger partial charge in [0.05, 0.1) is 29.0 Å². The molecule has 0 unspecified atom stereocenters. The Labute approximate surface area is 208 Å². The van der Waals surface area contributed by atoms with Crippen LogP contribution in [0.25, 0.3) is 0 Å². The Morgan fingerprint density at radius 2 is 1.58 bits per heavy atom. The average Bonchev–Trinajstić information content (AvgIpc) is 3.18. The number of amides is 5. The zero-order chi connectivity index (χ0) is 24.6. The van der Waals surface area contributed by atoms with Crippen molar-refractivity contribution in [3.63, 3.8) is 0 Å². The molecule has 2 aromatic carbocycles. The number of para-hydroxylation sites is 2. The Bertz CT molecular complexity index is 1310. The minimum Gasteiger partial charge on any atom is -0.331 e. The number of benzene rings is 2. The number of piperidine rings is 3. The van der Waals surface area contributed by atoms with Crippen LogP contribution < -0.4 is 10.2 Å². The topological polar surface area (TPSA) is 90.0 Å². The molecule has 8 nitrogen and oxygen atoms in total. The van der Waals surface area contributed by atoms with Crippen molar-refractivity contribution in [2.45, 2.75) is 12.0 Å². The van der Waals surface area contributed by atoms with Crippen molar-refractivity contribution in [2.75, 3.05) is 29.9 Å². The maximum absolute atomic E-state index is 14.0. The van der Waals surface area contributed by atoms with Crippen molar-refractivity contribution in [3.8, 4) is 0 Å². The van der Waals surface area contributed by atoms with Gasteiger partial charge in [-0.1, -0.05) is 48.6 Å². The maximum Gasteiger partial charge on any atom is 0.321 e. The molecule has 6 aliphatic rings. The van der Waals surface area contributed by atoms with E-state index in [2.05, 4.69) is 5.32 Å². The standard InChI is InChI=1S/C28H26N4O4/c33-24-21-11-12-28(23-22(21)25(34)32(26(23)35)20-9-5-2-6-10-20)18-13-17(15-31(24)28)14-30(16-18)27(36)29-19-7-3-1-4-8-19/h1-12,17-18,21-23H,13-16H2,(H,29,36)/t17-,18-,21+,22-,23+,28+/m1/s1. The third-order valence-corrected chi connectivity index (χ3v) is 8.78. The number of likely N-dealkylation sites (tertiary alicyclic amines) is 1. The van der Waals surface area contributed by atoms with E-state index < -0.39 is 23.3 Å². The number of anilines is 2. The smallest absolute Gasteiger partial charge is 0.321 e. The summed E-state index contributed by atoms with van der Waals surface area (Å²) in [5.41, 5.74) is 0.369. The second-order valence-electron chi connectivity index (χ2n) is 10.6. The van der Waals surface area contributed by atoms with Crippen LogP contribution in [0.3, 0.4) is 0 Å². The van der Waals surface area contributed by atoms with Gasteiger partial charge in [-0.3, -0.25) is 14.4 Å². The monoisotopic (exact) mass is 482 g/mol. The molecule has 0 radical (unpaired) electrons. The lowest BCUT2D eigenvalue weighted by molar-refractivity contribution is -0.175. The summed E-state index contributed by atoms with van der Waals surface area (Å²) in [6.45, 7) is 1.46. The molecule has 8 rings (SSSR count). The number of carbonyl (C=O) groups is 4. The van der Waals surface area contributed by atoms with Crippen LogP contribution in [0.1, 0.15) is 6.42 Å². The van der Waals surface area contributed by atoms with E-state index in [1.54, 1.807) is 24.3 Å². The van der Waals surface area contributed by atoms with E-state index in [0.29, 0.717) is 25.3 Å². The molecule has 1 spiro atoms. The molecule has 0 saturated carbocycles. The molecule has 2 aromatic rings. The van der Waals surface area contributed by atoms with Crippen LogP contribution in [0, 0.1) is 29.6 Å². The summed E-state index contributed by atoms with van der Waals surface area (Å²) >= 11 is 0. The van der Waals surface area contributed by atoms with Gasteiger partial charge < -0.3 is 15.1 Å². The van der Waals surface area contributed by atoms with Crippen molar-refractivity contribution < 1.29 is 19.2 Å². The first kappa shape index (κ1) is 21.4. The number of hydrogen-bond donors (Lipinski definition) is 1. The van der Waals surface area contributed by atoms with Gasteiger partial charge in [0.25, 0.3) is 0 Å². The quantitative estimate of drug-likeness (QED) is 0.527. The number of urea groups is 1. The molecular weight excluding hydrogens is 456 g/mol. The first-order chi connectivity index (χ1) is 17.5. The highest BCUT2D eigenvalue weighted by Crippen LogP contribution is 2.58. The van der Waals surface area contributed by atoms with E-state index in [9.17, 15) is 19.2 Å². The highest BCUT2D eigenvalue weighted by molar-refractivity contribution is 6.24. The summed E-state index contributed by atoms with van der Waals surface area (Å²) in [6, 6.07) is 18.1. The highest BCUT2D eigenvalue weighted by Gasteiger charge is 2.72. The molecule has 5 heterocycles. The second-order valence-corrected chi connectivity index (χ2v) is 10.6. The van der Waals surface area contributed by atoms with Gasteiger partial charge in [-0.2, -0.15) is 0 Å². The van der Waals surface area contributed by atoms with Gasteiger partial charge in [-0.05, 0) is 36.6 Å².